The Morgan fingerprint density at radius 3 is 2.25 bits per heavy atom. The lowest BCUT2D eigenvalue weighted by Crippen LogP contribution is -2.18. The number of nitrogens with one attached hydrogen (secondary N) is 2. The minimum absolute atomic E-state index is 0. The molecule has 20 heavy (non-hydrogen) atoms. The number of halogens is 1. The number of benzene rings is 1. The number of rotatable bonds is 4. The number of hydrogen-bond acceptors (Lipinski definition) is 5. The molecule has 2 aromatic rings. The molecule has 0 saturated carbocycles. The summed E-state index contributed by atoms with van der Waals surface area (Å²) in [5, 5.41) is 19.4. The van der Waals surface area contributed by atoms with Crippen LogP contribution in [0.25, 0.3) is 0 Å². The molecule has 1 aromatic carbocycles. The zero-order chi connectivity index (χ0) is 14.0. The highest BCUT2D eigenvalue weighted by Gasteiger charge is 2.21. The summed E-state index contributed by atoms with van der Waals surface area (Å²) in [5.41, 5.74) is 13.7. The third-order valence-corrected chi connectivity index (χ3v) is 3.03. The van der Waals surface area contributed by atoms with E-state index >= 15 is 0 Å². The number of phenols is 1. The molecule has 0 aliphatic carbocycles. The lowest BCUT2D eigenvalue weighted by molar-refractivity contribution is 0.475. The third-order valence-electron chi connectivity index (χ3n) is 3.03. The summed E-state index contributed by atoms with van der Waals surface area (Å²) in [6.07, 6.45) is 0. The predicted octanol–water partition coefficient (Wildman–Crippen LogP) is 2.51. The van der Waals surface area contributed by atoms with Gasteiger partial charge >= 0.3 is 0 Å². The average molecular weight is 298 g/mol. The molecule has 0 fully saturated rings. The molecule has 1 heterocycles. The zero-order valence-corrected chi connectivity index (χ0v) is 12.2. The Bertz CT molecular complexity index is 552. The lowest BCUT2D eigenvalue weighted by atomic mass is 9.99. The van der Waals surface area contributed by atoms with Gasteiger partial charge in [0.2, 0.25) is 0 Å². The van der Waals surface area contributed by atoms with Gasteiger partial charge in [-0.15, -0.1) is 12.4 Å². The van der Waals surface area contributed by atoms with Gasteiger partial charge in [0.25, 0.3) is 0 Å². The second-order valence-electron chi connectivity index (χ2n) is 4.85. The number of aromatic hydroxyl groups is 1. The van der Waals surface area contributed by atoms with Crippen molar-refractivity contribution in [3.05, 3.63) is 30.0 Å². The first-order valence-corrected chi connectivity index (χ1v) is 6.13. The highest BCUT2D eigenvalue weighted by Crippen LogP contribution is 2.31. The van der Waals surface area contributed by atoms with Crippen LogP contribution in [0.15, 0.2) is 24.3 Å². The van der Waals surface area contributed by atoms with Gasteiger partial charge in [-0.1, -0.05) is 13.8 Å². The van der Waals surface area contributed by atoms with E-state index in [-0.39, 0.29) is 30.1 Å². The van der Waals surface area contributed by atoms with E-state index in [9.17, 15) is 5.11 Å². The summed E-state index contributed by atoms with van der Waals surface area (Å²) >= 11 is 0. The fourth-order valence-electron chi connectivity index (χ4n) is 1.93. The van der Waals surface area contributed by atoms with E-state index in [0.717, 1.165) is 11.4 Å². The Kier molecular flexibility index (Phi) is 5.10. The van der Waals surface area contributed by atoms with Crippen LogP contribution in [0.3, 0.4) is 0 Å². The first-order chi connectivity index (χ1) is 8.99. The SMILES string of the molecule is CC(C)C(Nc1ccc(O)cc1)c1[nH]nc(N)c1N.Cl. The topological polar surface area (TPSA) is 113 Å². The summed E-state index contributed by atoms with van der Waals surface area (Å²) in [6.45, 7) is 4.16. The Balaban J connectivity index is 0.00000200. The van der Waals surface area contributed by atoms with E-state index in [2.05, 4.69) is 29.4 Å². The Hall–Kier alpha value is -2.08. The largest absolute Gasteiger partial charge is 0.508 e. The van der Waals surface area contributed by atoms with Crippen molar-refractivity contribution in [3.8, 4) is 5.75 Å². The Morgan fingerprint density at radius 2 is 1.80 bits per heavy atom. The Labute approximate surface area is 124 Å². The standard InChI is InChI=1S/C13H19N5O.ClH/c1-7(2)11(12-10(14)13(15)18-17-12)16-8-3-5-9(19)6-4-8;/h3-7,11,16,19H,14H2,1-2H3,(H3,15,17,18);1H. The van der Waals surface area contributed by atoms with Crippen molar-refractivity contribution in [2.75, 3.05) is 16.8 Å². The van der Waals surface area contributed by atoms with E-state index in [4.69, 9.17) is 11.5 Å². The molecule has 7 heteroatoms. The number of H-pyrrole nitrogens is 1. The average Bonchev–Trinajstić information content (AvgIpc) is 2.69. The highest BCUT2D eigenvalue weighted by molar-refractivity contribution is 5.85. The molecule has 1 unspecified atom stereocenters. The van der Waals surface area contributed by atoms with E-state index in [0.29, 0.717) is 11.5 Å². The van der Waals surface area contributed by atoms with Crippen LogP contribution in [0.2, 0.25) is 0 Å². The van der Waals surface area contributed by atoms with Gasteiger partial charge in [-0.2, -0.15) is 5.10 Å². The second kappa shape index (κ2) is 6.38. The Morgan fingerprint density at radius 1 is 1.20 bits per heavy atom. The molecule has 0 spiro atoms. The third kappa shape index (κ3) is 3.27. The van der Waals surface area contributed by atoms with Gasteiger partial charge in [-0.25, -0.2) is 0 Å². The van der Waals surface area contributed by atoms with Crippen molar-refractivity contribution in [2.45, 2.75) is 19.9 Å². The van der Waals surface area contributed by atoms with Crippen LogP contribution in [0.4, 0.5) is 17.2 Å². The van der Waals surface area contributed by atoms with Gasteiger partial charge in [-0.05, 0) is 30.2 Å². The summed E-state index contributed by atoms with van der Waals surface area (Å²) in [7, 11) is 0. The van der Waals surface area contributed by atoms with Gasteiger partial charge in [0.15, 0.2) is 5.82 Å². The number of aromatic amines is 1. The van der Waals surface area contributed by atoms with E-state index in [1.54, 1.807) is 24.3 Å². The van der Waals surface area contributed by atoms with Crippen LogP contribution < -0.4 is 16.8 Å². The molecule has 0 aliphatic rings. The van der Waals surface area contributed by atoms with Crippen molar-refractivity contribution in [3.63, 3.8) is 0 Å². The first-order valence-electron chi connectivity index (χ1n) is 6.13. The predicted molar refractivity (Wildman–Crippen MR) is 84.0 cm³/mol. The smallest absolute Gasteiger partial charge is 0.168 e. The molecular weight excluding hydrogens is 278 g/mol. The molecule has 1 aromatic heterocycles. The first kappa shape index (κ1) is 16.0. The lowest BCUT2D eigenvalue weighted by Gasteiger charge is -2.23. The van der Waals surface area contributed by atoms with E-state index in [1.165, 1.54) is 0 Å². The minimum Gasteiger partial charge on any atom is -0.508 e. The van der Waals surface area contributed by atoms with E-state index < -0.39 is 0 Å². The molecule has 0 amide bonds. The normalized spacial score (nSPS) is 11.9. The molecule has 0 bridgehead atoms. The molecule has 0 radical (unpaired) electrons. The number of hydrogen-bond donors (Lipinski definition) is 5. The van der Waals surface area contributed by atoms with Crippen molar-refractivity contribution >= 4 is 29.6 Å². The molecule has 6 nitrogen and oxygen atoms in total. The van der Waals surface area contributed by atoms with Crippen LogP contribution in [-0.2, 0) is 0 Å². The molecule has 0 saturated heterocycles. The summed E-state index contributed by atoms with van der Waals surface area (Å²) in [4.78, 5) is 0. The highest BCUT2D eigenvalue weighted by atomic mass is 35.5. The van der Waals surface area contributed by atoms with Crippen molar-refractivity contribution < 1.29 is 5.11 Å². The summed E-state index contributed by atoms with van der Waals surface area (Å²) in [6, 6.07) is 6.84. The number of nitrogens with two attached hydrogens (primary N) is 2. The molecule has 2 rings (SSSR count). The van der Waals surface area contributed by atoms with Crippen molar-refractivity contribution in [1.29, 1.82) is 0 Å². The van der Waals surface area contributed by atoms with E-state index in [1.807, 2.05) is 0 Å². The van der Waals surface area contributed by atoms with Crippen molar-refractivity contribution in [2.24, 2.45) is 5.92 Å². The zero-order valence-electron chi connectivity index (χ0n) is 11.4. The monoisotopic (exact) mass is 297 g/mol. The summed E-state index contributed by atoms with van der Waals surface area (Å²) < 4.78 is 0. The fraction of sp³-hybridized carbons (Fsp3) is 0.308. The maximum Gasteiger partial charge on any atom is 0.168 e. The number of anilines is 3. The number of nitrogen functional groups attached to an aromatic ring is 2. The van der Waals surface area contributed by atoms with Gasteiger partial charge < -0.3 is 21.9 Å². The van der Waals surface area contributed by atoms with Gasteiger partial charge in [0.05, 0.1) is 17.4 Å². The number of nitrogens with zero attached hydrogens (tertiary/aromatic N) is 1. The molecule has 0 aliphatic heterocycles. The minimum atomic E-state index is -0.0330. The fourth-order valence-corrected chi connectivity index (χ4v) is 1.93. The van der Waals surface area contributed by atoms with Gasteiger partial charge in [0.1, 0.15) is 5.75 Å². The maximum atomic E-state index is 9.28. The summed E-state index contributed by atoms with van der Waals surface area (Å²) in [5.74, 6) is 0.834. The van der Waals surface area contributed by atoms with Crippen LogP contribution >= 0.6 is 12.4 Å². The molecule has 110 valence electrons. The van der Waals surface area contributed by atoms with Crippen LogP contribution in [0.5, 0.6) is 5.75 Å². The maximum absolute atomic E-state index is 9.28. The van der Waals surface area contributed by atoms with Crippen molar-refractivity contribution in [1.82, 2.24) is 10.2 Å². The van der Waals surface area contributed by atoms with Gasteiger partial charge in [-0.3, -0.25) is 5.10 Å². The second-order valence-corrected chi connectivity index (χ2v) is 4.85. The van der Waals surface area contributed by atoms with Crippen LogP contribution in [-0.4, -0.2) is 15.3 Å². The molecule has 1 atom stereocenters. The molecular formula is C13H20ClN5O. The number of phenolic OH excluding ortho intramolecular Hbond substituents is 1. The molecule has 7 N–H and O–H groups in total. The van der Waals surface area contributed by atoms with Crippen LogP contribution in [0.1, 0.15) is 25.6 Å². The number of aromatic nitrogens is 2. The van der Waals surface area contributed by atoms with Crippen LogP contribution in [0, 0.1) is 5.92 Å². The quantitative estimate of drug-likeness (QED) is 0.557. The van der Waals surface area contributed by atoms with Gasteiger partial charge in [0, 0.05) is 5.69 Å².